The third kappa shape index (κ3) is 1.92. The zero-order valence-electron chi connectivity index (χ0n) is 9.77. The highest BCUT2D eigenvalue weighted by Crippen LogP contribution is 2.39. The molecule has 2 aliphatic carbocycles. The van der Waals surface area contributed by atoms with E-state index in [1.54, 1.807) is 11.3 Å². The average molecular weight is 252 g/mol. The summed E-state index contributed by atoms with van der Waals surface area (Å²) in [5.74, 6) is -0.305. The molecule has 1 saturated carbocycles. The van der Waals surface area contributed by atoms with Gasteiger partial charge in [-0.05, 0) is 31.6 Å². The fraction of sp³-hybridized carbons (Fsp3) is 0.667. The third-order valence-electron chi connectivity index (χ3n) is 3.72. The maximum absolute atomic E-state index is 11.1. The molecule has 0 spiro atoms. The average Bonchev–Trinajstić information content (AvgIpc) is 2.73. The minimum atomic E-state index is -0.738. The number of fused-ring (bicyclic) bond motifs is 1. The number of hydrogen-bond donors (Lipinski definition) is 2. The van der Waals surface area contributed by atoms with Crippen molar-refractivity contribution >= 4 is 22.4 Å². The summed E-state index contributed by atoms with van der Waals surface area (Å²) < 4.78 is 0. The number of aliphatic carboxylic acids is 1. The van der Waals surface area contributed by atoms with Crippen molar-refractivity contribution in [1.29, 1.82) is 0 Å². The van der Waals surface area contributed by atoms with Crippen molar-refractivity contribution < 1.29 is 9.90 Å². The quantitative estimate of drug-likeness (QED) is 0.867. The molecule has 1 aromatic heterocycles. The van der Waals surface area contributed by atoms with Gasteiger partial charge >= 0.3 is 5.97 Å². The van der Waals surface area contributed by atoms with Crippen LogP contribution in [0.15, 0.2) is 0 Å². The van der Waals surface area contributed by atoms with E-state index >= 15 is 0 Å². The van der Waals surface area contributed by atoms with Crippen molar-refractivity contribution in [2.24, 2.45) is 5.92 Å². The normalized spacial score (nSPS) is 30.8. The summed E-state index contributed by atoms with van der Waals surface area (Å²) in [5, 5.41) is 13.4. The lowest BCUT2D eigenvalue weighted by molar-refractivity contribution is -0.138. The lowest BCUT2D eigenvalue weighted by Gasteiger charge is -2.33. The molecule has 3 rings (SSSR count). The standard InChI is InChI=1S/C12H16N2O2S/c1-6-4-7(5-6)13-12-14-10-8(11(15)16)2-3-9(10)17-12/h6-8H,2-5H2,1H3,(H,13,14)(H,15,16). The second kappa shape index (κ2) is 3.98. The molecular formula is C12H16N2O2S. The summed E-state index contributed by atoms with van der Waals surface area (Å²) in [6.45, 7) is 2.25. The van der Waals surface area contributed by atoms with Crippen molar-refractivity contribution in [1.82, 2.24) is 4.98 Å². The first-order chi connectivity index (χ1) is 8.13. The summed E-state index contributed by atoms with van der Waals surface area (Å²) in [6.07, 6.45) is 3.98. The van der Waals surface area contributed by atoms with E-state index in [4.69, 9.17) is 5.11 Å². The highest BCUT2D eigenvalue weighted by molar-refractivity contribution is 7.15. The predicted molar refractivity (Wildman–Crippen MR) is 66.6 cm³/mol. The zero-order chi connectivity index (χ0) is 12.0. The van der Waals surface area contributed by atoms with Crippen molar-refractivity contribution in [3.8, 4) is 0 Å². The number of nitrogens with one attached hydrogen (secondary N) is 1. The zero-order valence-corrected chi connectivity index (χ0v) is 10.6. The molecular weight excluding hydrogens is 236 g/mol. The minimum absolute atomic E-state index is 0.378. The van der Waals surface area contributed by atoms with Crippen molar-refractivity contribution in [2.45, 2.75) is 44.6 Å². The largest absolute Gasteiger partial charge is 0.481 e. The van der Waals surface area contributed by atoms with Crippen LogP contribution < -0.4 is 5.32 Å². The van der Waals surface area contributed by atoms with Crippen LogP contribution in [0.5, 0.6) is 0 Å². The molecule has 4 nitrogen and oxygen atoms in total. The number of carbonyl (C=O) groups is 1. The van der Waals surface area contributed by atoms with Crippen LogP contribution in [0, 0.1) is 5.92 Å². The molecule has 17 heavy (non-hydrogen) atoms. The van der Waals surface area contributed by atoms with Crippen LogP contribution in [0.3, 0.4) is 0 Å². The molecule has 92 valence electrons. The Balaban J connectivity index is 1.72. The third-order valence-corrected chi connectivity index (χ3v) is 4.78. The van der Waals surface area contributed by atoms with Gasteiger partial charge in [0, 0.05) is 10.9 Å². The van der Waals surface area contributed by atoms with E-state index in [0.717, 1.165) is 28.0 Å². The first-order valence-corrected chi connectivity index (χ1v) is 6.94. The number of aromatic nitrogens is 1. The fourth-order valence-corrected chi connectivity index (χ4v) is 3.84. The Morgan fingerprint density at radius 3 is 2.94 bits per heavy atom. The Labute approximate surface area is 104 Å². The molecule has 0 saturated heterocycles. The summed E-state index contributed by atoms with van der Waals surface area (Å²) in [4.78, 5) is 16.7. The Morgan fingerprint density at radius 1 is 1.53 bits per heavy atom. The van der Waals surface area contributed by atoms with Gasteiger partial charge in [-0.2, -0.15) is 0 Å². The molecule has 1 unspecified atom stereocenters. The SMILES string of the molecule is CC1CC(Nc2nc3c(s2)CCC3C(=O)O)C1. The van der Waals surface area contributed by atoms with Crippen LogP contribution in [0.25, 0.3) is 0 Å². The number of nitrogens with zero attached hydrogens (tertiary/aromatic N) is 1. The second-order valence-corrected chi connectivity index (χ2v) is 6.26. The van der Waals surface area contributed by atoms with Crippen LogP contribution >= 0.6 is 11.3 Å². The minimum Gasteiger partial charge on any atom is -0.481 e. The van der Waals surface area contributed by atoms with Gasteiger partial charge in [-0.25, -0.2) is 4.98 Å². The Hall–Kier alpha value is -1.10. The number of carboxylic acids is 1. The van der Waals surface area contributed by atoms with Crippen LogP contribution in [-0.2, 0) is 11.2 Å². The molecule has 0 aromatic carbocycles. The van der Waals surface area contributed by atoms with Gasteiger partial charge in [-0.1, -0.05) is 6.92 Å². The smallest absolute Gasteiger partial charge is 0.312 e. The van der Waals surface area contributed by atoms with Gasteiger partial charge in [0.2, 0.25) is 0 Å². The second-order valence-electron chi connectivity index (χ2n) is 5.17. The highest BCUT2D eigenvalue weighted by Gasteiger charge is 2.33. The summed E-state index contributed by atoms with van der Waals surface area (Å²) in [5.41, 5.74) is 0.803. The van der Waals surface area contributed by atoms with Crippen LogP contribution in [0.4, 0.5) is 5.13 Å². The number of hydrogen-bond acceptors (Lipinski definition) is 4. The summed E-state index contributed by atoms with van der Waals surface area (Å²) in [7, 11) is 0. The number of anilines is 1. The van der Waals surface area contributed by atoms with Crippen LogP contribution in [0.2, 0.25) is 0 Å². The predicted octanol–water partition coefficient (Wildman–Crippen LogP) is 2.47. The number of rotatable bonds is 3. The molecule has 2 aliphatic rings. The van der Waals surface area contributed by atoms with E-state index in [1.165, 1.54) is 12.8 Å². The van der Waals surface area contributed by atoms with E-state index in [1.807, 2.05) is 0 Å². The van der Waals surface area contributed by atoms with Crippen molar-refractivity contribution in [2.75, 3.05) is 5.32 Å². The Kier molecular flexibility index (Phi) is 2.58. The van der Waals surface area contributed by atoms with Crippen LogP contribution in [-0.4, -0.2) is 22.1 Å². The Morgan fingerprint density at radius 2 is 2.29 bits per heavy atom. The molecule has 2 N–H and O–H groups in total. The number of carboxylic acid groups (broad SMARTS) is 1. The van der Waals surface area contributed by atoms with Gasteiger partial charge in [-0.15, -0.1) is 11.3 Å². The summed E-state index contributed by atoms with van der Waals surface area (Å²) >= 11 is 1.64. The van der Waals surface area contributed by atoms with Gasteiger partial charge in [-0.3, -0.25) is 4.79 Å². The number of aryl methyl sites for hydroxylation is 1. The molecule has 1 aromatic rings. The molecule has 1 atom stereocenters. The van der Waals surface area contributed by atoms with Crippen molar-refractivity contribution in [3.63, 3.8) is 0 Å². The van der Waals surface area contributed by atoms with Crippen LogP contribution in [0.1, 0.15) is 42.7 Å². The monoisotopic (exact) mass is 252 g/mol. The van der Waals surface area contributed by atoms with Gasteiger partial charge in [0.05, 0.1) is 5.69 Å². The molecule has 0 amide bonds. The maximum Gasteiger partial charge on any atom is 0.312 e. The molecule has 1 fully saturated rings. The summed E-state index contributed by atoms with van der Waals surface area (Å²) in [6, 6.07) is 0.541. The molecule has 0 bridgehead atoms. The van der Waals surface area contributed by atoms with E-state index in [9.17, 15) is 4.79 Å². The highest BCUT2D eigenvalue weighted by atomic mass is 32.1. The first kappa shape index (κ1) is 11.0. The lowest BCUT2D eigenvalue weighted by atomic mass is 9.82. The Bertz CT molecular complexity index is 451. The molecule has 5 heteroatoms. The lowest BCUT2D eigenvalue weighted by Crippen LogP contribution is -2.33. The van der Waals surface area contributed by atoms with Gasteiger partial charge in [0.1, 0.15) is 5.92 Å². The molecule has 1 heterocycles. The van der Waals surface area contributed by atoms with E-state index in [2.05, 4.69) is 17.2 Å². The maximum atomic E-state index is 11.1. The fourth-order valence-electron chi connectivity index (χ4n) is 2.72. The molecule has 0 radical (unpaired) electrons. The van der Waals surface area contributed by atoms with E-state index < -0.39 is 5.97 Å². The topological polar surface area (TPSA) is 62.2 Å². The van der Waals surface area contributed by atoms with Gasteiger partial charge in [0.25, 0.3) is 0 Å². The van der Waals surface area contributed by atoms with Gasteiger partial charge < -0.3 is 10.4 Å². The van der Waals surface area contributed by atoms with Gasteiger partial charge in [0.15, 0.2) is 5.13 Å². The van der Waals surface area contributed by atoms with E-state index in [0.29, 0.717) is 12.5 Å². The van der Waals surface area contributed by atoms with Crippen molar-refractivity contribution in [3.05, 3.63) is 10.6 Å². The molecule has 0 aliphatic heterocycles. The number of thiazole rings is 1. The first-order valence-electron chi connectivity index (χ1n) is 6.12. The van der Waals surface area contributed by atoms with E-state index in [-0.39, 0.29) is 5.92 Å².